The Balaban J connectivity index is 2.07. The molecule has 0 spiro atoms. The van der Waals surface area contributed by atoms with Crippen LogP contribution in [0.5, 0.6) is 5.75 Å². The molecule has 0 saturated carbocycles. The molecule has 0 bridgehead atoms. The Kier molecular flexibility index (Phi) is 11.1. The molecule has 0 aromatic heterocycles. The average molecular weight is 621 g/mol. The molecule has 3 rings (SSSR count). The number of amides is 2. The Morgan fingerprint density at radius 2 is 1.68 bits per heavy atom. The molecule has 0 heterocycles. The van der Waals surface area contributed by atoms with Crippen LogP contribution in [0, 0.1) is 6.92 Å². The third kappa shape index (κ3) is 8.15. The highest BCUT2D eigenvalue weighted by Crippen LogP contribution is 2.28. The van der Waals surface area contributed by atoms with Crippen molar-refractivity contribution in [2.75, 3.05) is 18.0 Å². The molecule has 8 nitrogen and oxygen atoms in total. The van der Waals surface area contributed by atoms with E-state index in [1.807, 2.05) is 20.8 Å². The number of hydrogen-bond donors (Lipinski definition) is 1. The monoisotopic (exact) mass is 619 g/mol. The Morgan fingerprint density at radius 1 is 1.00 bits per heavy atom. The lowest BCUT2D eigenvalue weighted by Crippen LogP contribution is -2.52. The largest absolute Gasteiger partial charge is 0.497 e. The molecule has 0 fully saturated rings. The molecule has 2 amide bonds. The van der Waals surface area contributed by atoms with Crippen molar-refractivity contribution in [1.29, 1.82) is 0 Å². The summed E-state index contributed by atoms with van der Waals surface area (Å²) in [7, 11) is -2.72. The van der Waals surface area contributed by atoms with Gasteiger partial charge in [-0.3, -0.25) is 13.9 Å². The van der Waals surface area contributed by atoms with E-state index in [9.17, 15) is 18.0 Å². The molecule has 0 aliphatic rings. The fourth-order valence-corrected chi connectivity index (χ4v) is 5.89. The Bertz CT molecular complexity index is 1480. The van der Waals surface area contributed by atoms with Gasteiger partial charge in [-0.25, -0.2) is 8.42 Å². The van der Waals surface area contributed by atoms with Crippen molar-refractivity contribution in [3.05, 3.63) is 87.9 Å². The van der Waals surface area contributed by atoms with Crippen LogP contribution in [0.15, 0.2) is 71.6 Å². The van der Waals surface area contributed by atoms with E-state index in [1.54, 1.807) is 61.5 Å². The summed E-state index contributed by atoms with van der Waals surface area (Å²) in [5.41, 5.74) is 1.68. The highest BCUT2D eigenvalue weighted by Gasteiger charge is 2.33. The average Bonchev–Trinajstić information content (AvgIpc) is 2.95. The summed E-state index contributed by atoms with van der Waals surface area (Å²) in [5.74, 6) is -0.543. The molecular weight excluding hydrogens is 585 g/mol. The maximum atomic E-state index is 14.0. The molecule has 0 aliphatic heterocycles. The van der Waals surface area contributed by atoms with Crippen molar-refractivity contribution in [2.24, 2.45) is 0 Å². The first-order valence-corrected chi connectivity index (χ1v) is 15.3. The summed E-state index contributed by atoms with van der Waals surface area (Å²) in [6.45, 7) is 6.64. The van der Waals surface area contributed by atoms with Gasteiger partial charge in [0.05, 0.1) is 17.7 Å². The van der Waals surface area contributed by atoms with Gasteiger partial charge in [-0.05, 0) is 69.2 Å². The lowest BCUT2D eigenvalue weighted by molar-refractivity contribution is -0.139. The number of hydrogen-bond acceptors (Lipinski definition) is 5. The van der Waals surface area contributed by atoms with Crippen molar-refractivity contribution in [1.82, 2.24) is 10.2 Å². The number of carbonyl (C=O) groups is 2. The molecule has 3 aromatic carbocycles. The van der Waals surface area contributed by atoms with Crippen LogP contribution in [-0.2, 0) is 26.2 Å². The summed E-state index contributed by atoms with van der Waals surface area (Å²) in [6.07, 6.45) is 0.702. The van der Waals surface area contributed by atoms with E-state index >= 15 is 0 Å². The molecule has 0 aliphatic carbocycles. The van der Waals surface area contributed by atoms with Crippen molar-refractivity contribution in [2.45, 2.75) is 57.6 Å². The third-order valence-electron chi connectivity index (χ3n) is 6.75. The van der Waals surface area contributed by atoms with Crippen LogP contribution in [0.25, 0.3) is 0 Å². The molecule has 3 aromatic rings. The highest BCUT2D eigenvalue weighted by atomic mass is 35.5. The molecule has 41 heavy (non-hydrogen) atoms. The fraction of sp³-hybridized carbons (Fsp3) is 0.333. The summed E-state index contributed by atoms with van der Waals surface area (Å²) in [4.78, 5) is 28.6. The van der Waals surface area contributed by atoms with Crippen LogP contribution in [-0.4, -0.2) is 50.9 Å². The number of nitrogens with one attached hydrogen (secondary N) is 1. The maximum absolute atomic E-state index is 14.0. The molecule has 11 heteroatoms. The van der Waals surface area contributed by atoms with E-state index < -0.39 is 28.5 Å². The number of methoxy groups -OCH3 is 1. The van der Waals surface area contributed by atoms with Crippen molar-refractivity contribution in [3.63, 3.8) is 0 Å². The van der Waals surface area contributed by atoms with Gasteiger partial charge >= 0.3 is 0 Å². The Hall–Kier alpha value is -3.27. The molecule has 0 radical (unpaired) electrons. The van der Waals surface area contributed by atoms with Gasteiger partial charge in [0, 0.05) is 28.7 Å². The molecule has 220 valence electrons. The molecular formula is C30H35Cl2N3O5S. The first-order chi connectivity index (χ1) is 19.4. The van der Waals surface area contributed by atoms with E-state index in [1.165, 1.54) is 24.1 Å². The summed E-state index contributed by atoms with van der Waals surface area (Å²) in [6, 6.07) is 16.6. The zero-order chi connectivity index (χ0) is 30.3. The SMILES string of the molecule is CC[C@H](C)NC(=O)[C@@H](C)N(Cc1ccc(Cl)cc1Cl)C(=O)CN(c1cccc(OC)c1)S(=O)(=O)c1ccc(C)cc1. The van der Waals surface area contributed by atoms with E-state index in [0.717, 1.165) is 9.87 Å². The normalized spacial score (nSPS) is 12.8. The van der Waals surface area contributed by atoms with Crippen molar-refractivity contribution < 1.29 is 22.7 Å². The smallest absolute Gasteiger partial charge is 0.264 e. The number of carbonyl (C=O) groups excluding carboxylic acids is 2. The van der Waals surface area contributed by atoms with Gasteiger partial charge in [0.1, 0.15) is 18.3 Å². The fourth-order valence-electron chi connectivity index (χ4n) is 4.01. The second kappa shape index (κ2) is 14.1. The summed E-state index contributed by atoms with van der Waals surface area (Å²) >= 11 is 12.5. The van der Waals surface area contributed by atoms with Gasteiger partial charge in [0.2, 0.25) is 11.8 Å². The van der Waals surface area contributed by atoms with E-state index in [2.05, 4.69) is 5.32 Å². The number of sulfonamides is 1. The number of rotatable bonds is 12. The molecule has 1 N–H and O–H groups in total. The zero-order valence-electron chi connectivity index (χ0n) is 23.7. The maximum Gasteiger partial charge on any atom is 0.264 e. The van der Waals surface area contributed by atoms with Crippen molar-refractivity contribution >= 4 is 50.7 Å². The van der Waals surface area contributed by atoms with Gasteiger partial charge in [-0.15, -0.1) is 0 Å². The lowest BCUT2D eigenvalue weighted by atomic mass is 10.1. The van der Waals surface area contributed by atoms with E-state index in [0.29, 0.717) is 27.8 Å². The van der Waals surface area contributed by atoms with Gasteiger partial charge in [-0.2, -0.15) is 0 Å². The second-order valence-electron chi connectivity index (χ2n) is 9.78. The number of anilines is 1. The minimum Gasteiger partial charge on any atom is -0.497 e. The van der Waals surface area contributed by atoms with Crippen LogP contribution in [0.2, 0.25) is 10.0 Å². The first kappa shape index (κ1) is 32.2. The number of aryl methyl sites for hydroxylation is 1. The highest BCUT2D eigenvalue weighted by molar-refractivity contribution is 7.92. The lowest BCUT2D eigenvalue weighted by Gasteiger charge is -2.32. The number of halogens is 2. The summed E-state index contributed by atoms with van der Waals surface area (Å²) in [5, 5.41) is 3.65. The van der Waals surface area contributed by atoms with Crippen LogP contribution in [0.1, 0.15) is 38.3 Å². The first-order valence-electron chi connectivity index (χ1n) is 13.1. The van der Waals surface area contributed by atoms with Crippen LogP contribution < -0.4 is 14.4 Å². The topological polar surface area (TPSA) is 96.0 Å². The zero-order valence-corrected chi connectivity index (χ0v) is 26.1. The number of ether oxygens (including phenoxy) is 1. The second-order valence-corrected chi connectivity index (χ2v) is 12.5. The number of nitrogens with zero attached hydrogens (tertiary/aromatic N) is 2. The van der Waals surface area contributed by atoms with Crippen molar-refractivity contribution in [3.8, 4) is 5.75 Å². The molecule has 2 atom stereocenters. The predicted octanol–water partition coefficient (Wildman–Crippen LogP) is 5.84. The molecule has 0 unspecified atom stereocenters. The Labute approximate surface area is 252 Å². The molecule has 0 saturated heterocycles. The third-order valence-corrected chi connectivity index (χ3v) is 9.13. The summed E-state index contributed by atoms with van der Waals surface area (Å²) < 4.78 is 34.2. The van der Waals surface area contributed by atoms with E-state index in [4.69, 9.17) is 27.9 Å². The van der Waals surface area contributed by atoms with E-state index in [-0.39, 0.29) is 29.1 Å². The van der Waals surface area contributed by atoms with Crippen LogP contribution in [0.3, 0.4) is 0 Å². The quantitative estimate of drug-likeness (QED) is 0.275. The standard InChI is InChI=1S/C30H35Cl2N3O5S/c1-6-21(3)33-30(37)22(4)34(18-23-12-13-24(31)16-28(23)32)29(36)19-35(25-8-7-9-26(17-25)40-5)41(38,39)27-14-10-20(2)11-15-27/h7-17,21-22H,6,18-19H2,1-5H3,(H,33,37)/t21-,22+/m0/s1. The van der Waals surface area contributed by atoms with Crippen LogP contribution in [0.4, 0.5) is 5.69 Å². The predicted molar refractivity (Wildman–Crippen MR) is 163 cm³/mol. The van der Waals surface area contributed by atoms with Gasteiger partial charge in [-0.1, -0.05) is 60.0 Å². The van der Waals surface area contributed by atoms with Crippen LogP contribution >= 0.6 is 23.2 Å². The number of benzene rings is 3. The van der Waals surface area contributed by atoms with Gasteiger partial charge in [0.15, 0.2) is 0 Å². The minimum atomic E-state index is -4.19. The Morgan fingerprint density at radius 3 is 2.29 bits per heavy atom. The van der Waals surface area contributed by atoms with Gasteiger partial charge in [0.25, 0.3) is 10.0 Å². The minimum absolute atomic E-state index is 0.0218. The van der Waals surface area contributed by atoms with Gasteiger partial charge < -0.3 is 15.0 Å².